The van der Waals surface area contributed by atoms with E-state index < -0.39 is 0 Å². The highest BCUT2D eigenvalue weighted by atomic mass is 35.5. The summed E-state index contributed by atoms with van der Waals surface area (Å²) in [6, 6.07) is 10.9. The molecule has 0 spiro atoms. The number of rotatable bonds is 3. The molecule has 3 rings (SSSR count). The molecule has 20 heavy (non-hydrogen) atoms. The van der Waals surface area contributed by atoms with E-state index in [1.807, 2.05) is 23.5 Å². The third-order valence-electron chi connectivity index (χ3n) is 3.85. The van der Waals surface area contributed by atoms with Crippen molar-refractivity contribution in [3.8, 4) is 0 Å². The van der Waals surface area contributed by atoms with Crippen molar-refractivity contribution in [3.05, 3.63) is 56.7 Å². The summed E-state index contributed by atoms with van der Waals surface area (Å²) < 4.78 is 0. The molecule has 2 nitrogen and oxygen atoms in total. The second-order valence-electron chi connectivity index (χ2n) is 5.21. The molecule has 1 fully saturated rings. The fraction of sp³-hybridized carbons (Fsp3) is 0.375. The number of piperazine rings is 1. The molecular formula is C16H19ClN2S. The summed E-state index contributed by atoms with van der Waals surface area (Å²) in [5.74, 6) is 0. The molecular weight excluding hydrogens is 288 g/mol. The quantitative estimate of drug-likeness (QED) is 0.930. The van der Waals surface area contributed by atoms with Gasteiger partial charge in [-0.3, -0.25) is 4.90 Å². The van der Waals surface area contributed by atoms with Gasteiger partial charge in [-0.1, -0.05) is 23.7 Å². The number of nitrogens with one attached hydrogen (secondary N) is 1. The van der Waals surface area contributed by atoms with Crippen LogP contribution in [0.25, 0.3) is 0 Å². The van der Waals surface area contributed by atoms with E-state index in [-0.39, 0.29) is 0 Å². The monoisotopic (exact) mass is 306 g/mol. The maximum Gasteiger partial charge on any atom is 0.0699 e. The molecule has 106 valence electrons. The molecule has 1 aromatic heterocycles. The molecule has 0 amide bonds. The van der Waals surface area contributed by atoms with E-state index in [4.69, 9.17) is 11.6 Å². The van der Waals surface area contributed by atoms with Crippen molar-refractivity contribution in [2.24, 2.45) is 0 Å². The van der Waals surface area contributed by atoms with Gasteiger partial charge >= 0.3 is 0 Å². The minimum Gasteiger partial charge on any atom is -0.314 e. The number of halogens is 1. The van der Waals surface area contributed by atoms with Crippen molar-refractivity contribution in [3.63, 3.8) is 0 Å². The SMILES string of the molecule is Cc1ccsc1C(c1ccc(Cl)cc1)N1CCNCC1. The number of thiophene rings is 1. The average Bonchev–Trinajstić information content (AvgIpc) is 2.89. The number of benzene rings is 1. The van der Waals surface area contributed by atoms with Gasteiger partial charge in [0.1, 0.15) is 0 Å². The summed E-state index contributed by atoms with van der Waals surface area (Å²) in [5, 5.41) is 6.42. The topological polar surface area (TPSA) is 15.3 Å². The zero-order chi connectivity index (χ0) is 13.9. The third-order valence-corrected chi connectivity index (χ3v) is 5.18. The van der Waals surface area contributed by atoms with Gasteiger partial charge in [-0.2, -0.15) is 0 Å². The average molecular weight is 307 g/mol. The smallest absolute Gasteiger partial charge is 0.0699 e. The number of hydrogen-bond donors (Lipinski definition) is 1. The van der Waals surface area contributed by atoms with Crippen LogP contribution in [0, 0.1) is 6.92 Å². The zero-order valence-corrected chi connectivity index (χ0v) is 13.2. The third kappa shape index (κ3) is 2.91. The van der Waals surface area contributed by atoms with E-state index in [9.17, 15) is 0 Å². The van der Waals surface area contributed by atoms with Gasteiger partial charge in [0.25, 0.3) is 0 Å². The van der Waals surface area contributed by atoms with Crippen LogP contribution < -0.4 is 5.32 Å². The minimum atomic E-state index is 0.356. The lowest BCUT2D eigenvalue weighted by Gasteiger charge is -2.35. The predicted molar refractivity (Wildman–Crippen MR) is 86.8 cm³/mol. The van der Waals surface area contributed by atoms with Crippen LogP contribution in [-0.2, 0) is 0 Å². The largest absolute Gasteiger partial charge is 0.314 e. The Bertz CT molecular complexity index is 558. The van der Waals surface area contributed by atoms with Crippen LogP contribution in [0.1, 0.15) is 22.0 Å². The van der Waals surface area contributed by atoms with E-state index in [0.29, 0.717) is 6.04 Å². The van der Waals surface area contributed by atoms with Gasteiger partial charge in [-0.05, 0) is 41.6 Å². The van der Waals surface area contributed by atoms with E-state index in [1.165, 1.54) is 16.0 Å². The summed E-state index contributed by atoms with van der Waals surface area (Å²) in [7, 11) is 0. The maximum atomic E-state index is 6.04. The highest BCUT2D eigenvalue weighted by Crippen LogP contribution is 2.34. The Morgan fingerprint density at radius 1 is 1.15 bits per heavy atom. The fourth-order valence-corrected chi connectivity index (χ4v) is 3.99. The first-order valence-electron chi connectivity index (χ1n) is 7.00. The molecule has 1 N–H and O–H groups in total. The van der Waals surface area contributed by atoms with Crippen molar-refractivity contribution in [2.45, 2.75) is 13.0 Å². The molecule has 1 atom stereocenters. The van der Waals surface area contributed by atoms with Crippen LogP contribution in [-0.4, -0.2) is 31.1 Å². The van der Waals surface area contributed by atoms with E-state index >= 15 is 0 Å². The van der Waals surface area contributed by atoms with Crippen LogP contribution in [0.2, 0.25) is 5.02 Å². The van der Waals surface area contributed by atoms with Crippen molar-refractivity contribution in [1.82, 2.24) is 10.2 Å². The second-order valence-corrected chi connectivity index (χ2v) is 6.59. The Kier molecular flexibility index (Phi) is 4.41. The normalized spacial score (nSPS) is 18.1. The molecule has 1 unspecified atom stereocenters. The van der Waals surface area contributed by atoms with Crippen LogP contribution in [0.15, 0.2) is 35.7 Å². The van der Waals surface area contributed by atoms with Gasteiger partial charge in [0.2, 0.25) is 0 Å². The Morgan fingerprint density at radius 2 is 1.85 bits per heavy atom. The van der Waals surface area contributed by atoms with Crippen LogP contribution in [0.5, 0.6) is 0 Å². The van der Waals surface area contributed by atoms with Gasteiger partial charge in [-0.25, -0.2) is 0 Å². The van der Waals surface area contributed by atoms with Crippen molar-refractivity contribution >= 4 is 22.9 Å². The second kappa shape index (κ2) is 6.27. The molecule has 2 heterocycles. The Labute approximate surface area is 129 Å². The van der Waals surface area contributed by atoms with Crippen molar-refractivity contribution < 1.29 is 0 Å². The molecule has 1 saturated heterocycles. The molecule has 0 radical (unpaired) electrons. The first-order chi connectivity index (χ1) is 9.75. The van der Waals surface area contributed by atoms with Gasteiger partial charge < -0.3 is 5.32 Å². The lowest BCUT2D eigenvalue weighted by molar-refractivity contribution is 0.200. The van der Waals surface area contributed by atoms with Gasteiger partial charge in [0, 0.05) is 36.1 Å². The molecule has 1 aliphatic rings. The summed E-state index contributed by atoms with van der Waals surface area (Å²) in [4.78, 5) is 4.02. The fourth-order valence-electron chi connectivity index (χ4n) is 2.78. The molecule has 2 aromatic rings. The number of aryl methyl sites for hydroxylation is 1. The van der Waals surface area contributed by atoms with E-state index in [1.54, 1.807) is 0 Å². The number of nitrogens with zero attached hydrogens (tertiary/aromatic N) is 1. The number of hydrogen-bond acceptors (Lipinski definition) is 3. The van der Waals surface area contributed by atoms with Crippen LogP contribution in [0.3, 0.4) is 0 Å². The van der Waals surface area contributed by atoms with Gasteiger partial charge in [-0.15, -0.1) is 11.3 Å². The molecule has 1 aromatic carbocycles. The molecule has 0 aliphatic carbocycles. The summed E-state index contributed by atoms with van der Waals surface area (Å²) >= 11 is 7.89. The van der Waals surface area contributed by atoms with Crippen LogP contribution in [0.4, 0.5) is 0 Å². The van der Waals surface area contributed by atoms with Gasteiger partial charge in [0.05, 0.1) is 6.04 Å². The standard InChI is InChI=1S/C16H19ClN2S/c1-12-6-11-20-16(12)15(19-9-7-18-8-10-19)13-2-4-14(17)5-3-13/h2-6,11,15,18H,7-10H2,1H3. The molecule has 0 saturated carbocycles. The van der Waals surface area contributed by atoms with Crippen LogP contribution >= 0.6 is 22.9 Å². The summed E-state index contributed by atoms with van der Waals surface area (Å²) in [5.41, 5.74) is 2.72. The molecule has 1 aliphatic heterocycles. The Morgan fingerprint density at radius 3 is 2.45 bits per heavy atom. The Hall–Kier alpha value is -0.870. The summed E-state index contributed by atoms with van der Waals surface area (Å²) in [6.45, 7) is 6.51. The summed E-state index contributed by atoms with van der Waals surface area (Å²) in [6.07, 6.45) is 0. The van der Waals surface area contributed by atoms with Gasteiger partial charge in [0.15, 0.2) is 0 Å². The highest BCUT2D eigenvalue weighted by molar-refractivity contribution is 7.10. The van der Waals surface area contributed by atoms with Crippen molar-refractivity contribution in [1.29, 1.82) is 0 Å². The van der Waals surface area contributed by atoms with E-state index in [2.05, 4.69) is 40.7 Å². The first kappa shape index (κ1) is 14.1. The Balaban J connectivity index is 1.98. The lowest BCUT2D eigenvalue weighted by atomic mass is 10.0. The minimum absolute atomic E-state index is 0.356. The zero-order valence-electron chi connectivity index (χ0n) is 11.6. The first-order valence-corrected chi connectivity index (χ1v) is 8.25. The van der Waals surface area contributed by atoms with E-state index in [0.717, 1.165) is 31.2 Å². The van der Waals surface area contributed by atoms with Crippen molar-refractivity contribution in [2.75, 3.05) is 26.2 Å². The lowest BCUT2D eigenvalue weighted by Crippen LogP contribution is -2.45. The highest BCUT2D eigenvalue weighted by Gasteiger charge is 2.25. The molecule has 0 bridgehead atoms. The molecule has 4 heteroatoms. The predicted octanol–water partition coefficient (Wildman–Crippen LogP) is 3.70. The maximum absolute atomic E-state index is 6.04.